The first-order valence-electron chi connectivity index (χ1n) is 12.9. The highest BCUT2D eigenvalue weighted by atomic mass is 32.2. The Kier molecular flexibility index (Phi) is 7.93. The lowest BCUT2D eigenvalue weighted by Gasteiger charge is -2.44. The summed E-state index contributed by atoms with van der Waals surface area (Å²) >= 11 is 0. The molecule has 7 nitrogen and oxygen atoms in total. The van der Waals surface area contributed by atoms with E-state index < -0.39 is 10.3 Å². The van der Waals surface area contributed by atoms with Crippen molar-refractivity contribution in [2.75, 3.05) is 19.7 Å². The normalized spacial score (nSPS) is 23.3. The third-order valence-electron chi connectivity index (χ3n) is 8.28. The van der Waals surface area contributed by atoms with Crippen LogP contribution in [0.25, 0.3) is 10.9 Å². The van der Waals surface area contributed by atoms with Crippen LogP contribution in [0.5, 0.6) is 0 Å². The van der Waals surface area contributed by atoms with E-state index in [2.05, 4.69) is 30.2 Å². The third kappa shape index (κ3) is 6.07. The number of fused-ring (bicyclic) bond motifs is 1. The van der Waals surface area contributed by atoms with Gasteiger partial charge in [-0.1, -0.05) is 20.8 Å². The van der Waals surface area contributed by atoms with E-state index in [0.29, 0.717) is 17.9 Å². The fourth-order valence-corrected chi connectivity index (χ4v) is 6.71. The molecule has 0 radical (unpaired) electrons. The average molecular weight is 509 g/mol. The van der Waals surface area contributed by atoms with Gasteiger partial charge in [-0.2, -0.15) is 8.42 Å². The van der Waals surface area contributed by atoms with Crippen LogP contribution in [-0.4, -0.2) is 43.6 Å². The second-order valence-electron chi connectivity index (χ2n) is 11.4. The van der Waals surface area contributed by atoms with Crippen LogP contribution in [0.3, 0.4) is 0 Å². The van der Waals surface area contributed by atoms with Crippen molar-refractivity contribution in [2.24, 2.45) is 22.2 Å². The molecule has 0 atom stereocenters. The van der Waals surface area contributed by atoms with Crippen molar-refractivity contribution in [3.8, 4) is 0 Å². The van der Waals surface area contributed by atoms with E-state index in [0.717, 1.165) is 54.0 Å². The van der Waals surface area contributed by atoms with Crippen LogP contribution in [0.2, 0.25) is 0 Å². The Morgan fingerprint density at radius 2 is 1.71 bits per heavy atom. The van der Waals surface area contributed by atoms with Crippen molar-refractivity contribution in [1.82, 2.24) is 9.47 Å². The molecule has 1 aliphatic heterocycles. The van der Waals surface area contributed by atoms with Gasteiger partial charge in [0.15, 0.2) is 0 Å². The van der Waals surface area contributed by atoms with Gasteiger partial charge in [-0.3, -0.25) is 4.18 Å². The van der Waals surface area contributed by atoms with Crippen LogP contribution in [-0.2, 0) is 27.5 Å². The van der Waals surface area contributed by atoms with Gasteiger partial charge in [0.1, 0.15) is 5.82 Å². The summed E-state index contributed by atoms with van der Waals surface area (Å²) in [6.07, 6.45) is 7.47. The Labute approximate surface area is 209 Å². The van der Waals surface area contributed by atoms with E-state index in [9.17, 15) is 12.8 Å². The molecule has 1 aromatic heterocycles. The predicted octanol–water partition coefficient (Wildman–Crippen LogP) is 4.24. The minimum atomic E-state index is -4.03. The molecule has 1 saturated carbocycles. The molecular weight excluding hydrogens is 467 g/mol. The highest BCUT2D eigenvalue weighted by Crippen LogP contribution is 2.41. The molecule has 2 fully saturated rings. The predicted molar refractivity (Wildman–Crippen MR) is 138 cm³/mol. The van der Waals surface area contributed by atoms with E-state index in [1.54, 1.807) is 0 Å². The number of piperidine rings is 1. The average Bonchev–Trinajstić information content (AvgIpc) is 3.10. The SMILES string of the molecule is CC(C)(C)[C@H]1CC[C@@H](N2CCC(n3c(CCOS(N)(=O)=O)c(CN)c4cc(F)ccc43)CC2)CC1. The number of nitrogens with two attached hydrogens (primary N) is 2. The van der Waals surface area contributed by atoms with Crippen LogP contribution in [0.15, 0.2) is 18.2 Å². The van der Waals surface area contributed by atoms with Gasteiger partial charge in [0.25, 0.3) is 0 Å². The van der Waals surface area contributed by atoms with Crippen molar-refractivity contribution in [2.45, 2.75) is 84.3 Å². The summed E-state index contributed by atoms with van der Waals surface area (Å²) in [5, 5.41) is 5.82. The van der Waals surface area contributed by atoms with E-state index in [-0.39, 0.29) is 25.0 Å². The summed E-state index contributed by atoms with van der Waals surface area (Å²) in [4.78, 5) is 2.66. The Morgan fingerprint density at radius 1 is 1.06 bits per heavy atom. The Hall–Kier alpha value is -1.52. The fraction of sp³-hybridized carbons (Fsp3) is 0.692. The van der Waals surface area contributed by atoms with E-state index in [1.165, 1.54) is 37.8 Å². The van der Waals surface area contributed by atoms with Gasteiger partial charge in [-0.05, 0) is 73.6 Å². The molecule has 196 valence electrons. The van der Waals surface area contributed by atoms with Crippen LogP contribution in [0.4, 0.5) is 4.39 Å². The molecule has 4 rings (SSSR count). The molecule has 2 aliphatic rings. The number of hydrogen-bond donors (Lipinski definition) is 2. The summed E-state index contributed by atoms with van der Waals surface area (Å²) in [7, 11) is -4.03. The lowest BCUT2D eigenvalue weighted by Crippen LogP contribution is -2.44. The quantitative estimate of drug-likeness (QED) is 0.582. The summed E-state index contributed by atoms with van der Waals surface area (Å²) in [6, 6.07) is 5.73. The topological polar surface area (TPSA) is 104 Å². The first-order valence-corrected chi connectivity index (χ1v) is 14.4. The Morgan fingerprint density at radius 3 is 2.29 bits per heavy atom. The molecule has 0 spiro atoms. The number of benzene rings is 1. The fourth-order valence-electron chi connectivity index (χ4n) is 6.39. The molecular formula is C26H41FN4O3S. The first kappa shape index (κ1) is 26.5. The van der Waals surface area contributed by atoms with Gasteiger partial charge in [0, 0.05) is 54.7 Å². The maximum atomic E-state index is 14.1. The van der Waals surface area contributed by atoms with Gasteiger partial charge < -0.3 is 15.2 Å². The van der Waals surface area contributed by atoms with E-state index in [1.807, 2.05) is 6.07 Å². The third-order valence-corrected chi connectivity index (χ3v) is 8.77. The smallest absolute Gasteiger partial charge is 0.333 e. The van der Waals surface area contributed by atoms with Crippen molar-refractivity contribution in [3.05, 3.63) is 35.3 Å². The summed E-state index contributed by atoms with van der Waals surface area (Å²) in [6.45, 7) is 9.31. The summed E-state index contributed by atoms with van der Waals surface area (Å²) < 4.78 is 43.8. The molecule has 0 unspecified atom stereocenters. The van der Waals surface area contributed by atoms with Gasteiger partial charge in [0.2, 0.25) is 0 Å². The van der Waals surface area contributed by atoms with E-state index >= 15 is 0 Å². The number of likely N-dealkylation sites (tertiary alicyclic amines) is 1. The zero-order valence-electron chi connectivity index (χ0n) is 21.3. The molecule has 1 saturated heterocycles. The number of aromatic nitrogens is 1. The van der Waals surface area contributed by atoms with E-state index in [4.69, 9.17) is 15.1 Å². The highest BCUT2D eigenvalue weighted by molar-refractivity contribution is 7.84. The number of rotatable bonds is 7. The second-order valence-corrected chi connectivity index (χ2v) is 12.6. The maximum absolute atomic E-state index is 14.1. The minimum absolute atomic E-state index is 0.0689. The zero-order valence-corrected chi connectivity index (χ0v) is 22.1. The standard InChI is InChI=1S/C26H41FN4O3S/c1-26(2,3)18-4-7-20(8-5-18)30-13-10-21(11-14-30)31-24-9-6-19(27)16-22(24)23(17-28)25(31)12-15-34-35(29,32)33/h6,9,16,18,20-21H,4-5,7-8,10-15,17,28H2,1-3H3,(H2,29,32,33)/t18-,20+. The lowest BCUT2D eigenvalue weighted by atomic mass is 9.71. The molecule has 2 heterocycles. The summed E-state index contributed by atoms with van der Waals surface area (Å²) in [5.74, 6) is 0.497. The van der Waals surface area contributed by atoms with Crippen molar-refractivity contribution >= 4 is 21.2 Å². The second kappa shape index (κ2) is 10.5. The highest BCUT2D eigenvalue weighted by Gasteiger charge is 2.34. The number of hydrogen-bond acceptors (Lipinski definition) is 5. The molecule has 0 bridgehead atoms. The van der Waals surface area contributed by atoms with Crippen molar-refractivity contribution in [1.29, 1.82) is 0 Å². The van der Waals surface area contributed by atoms with Crippen molar-refractivity contribution < 1.29 is 17.0 Å². The maximum Gasteiger partial charge on any atom is 0.333 e. The molecule has 0 amide bonds. The monoisotopic (exact) mass is 508 g/mol. The minimum Gasteiger partial charge on any atom is -0.341 e. The molecule has 2 aromatic rings. The number of nitrogens with zero attached hydrogens (tertiary/aromatic N) is 2. The largest absolute Gasteiger partial charge is 0.341 e. The van der Waals surface area contributed by atoms with Gasteiger partial charge >= 0.3 is 10.3 Å². The molecule has 35 heavy (non-hydrogen) atoms. The molecule has 9 heteroatoms. The number of halogens is 1. The zero-order chi connectivity index (χ0) is 25.4. The van der Waals surface area contributed by atoms with Crippen LogP contribution >= 0.6 is 0 Å². The first-order chi connectivity index (χ1) is 16.5. The molecule has 4 N–H and O–H groups in total. The Bertz CT molecular complexity index is 1130. The van der Waals surface area contributed by atoms with Gasteiger partial charge in [-0.15, -0.1) is 0 Å². The van der Waals surface area contributed by atoms with Gasteiger partial charge in [-0.25, -0.2) is 9.53 Å². The van der Waals surface area contributed by atoms with Crippen molar-refractivity contribution in [3.63, 3.8) is 0 Å². The lowest BCUT2D eigenvalue weighted by molar-refractivity contribution is 0.0719. The summed E-state index contributed by atoms with van der Waals surface area (Å²) in [5.41, 5.74) is 9.20. The van der Waals surface area contributed by atoms with Gasteiger partial charge in [0.05, 0.1) is 6.61 Å². The van der Waals surface area contributed by atoms with Crippen LogP contribution in [0.1, 0.15) is 76.6 Å². The molecule has 1 aromatic carbocycles. The molecule has 1 aliphatic carbocycles. The van der Waals surface area contributed by atoms with Crippen LogP contribution in [0, 0.1) is 17.2 Å². The Balaban J connectivity index is 1.52. The van der Waals surface area contributed by atoms with Crippen LogP contribution < -0.4 is 10.9 Å².